The number of rotatable bonds is 3. The third-order valence-corrected chi connectivity index (χ3v) is 2.49. The number of aromatic nitrogens is 3. The number of nitrogens with zero attached hydrogens (tertiary/aromatic N) is 5. The van der Waals surface area contributed by atoms with Gasteiger partial charge in [-0.05, 0) is 0 Å². The monoisotopic (exact) mass is 252 g/mol. The Morgan fingerprint density at radius 2 is 1.94 bits per heavy atom. The summed E-state index contributed by atoms with van der Waals surface area (Å²) in [5, 5.41) is 10.9. The molecule has 0 radical (unpaired) electrons. The molecule has 1 aromatic rings. The third-order valence-electron chi connectivity index (χ3n) is 2.49. The van der Waals surface area contributed by atoms with Crippen LogP contribution in [0.5, 0.6) is 0 Å². The minimum Gasteiger partial charge on any atom is -0.541 e. The SMILES string of the molecule is CN(C)c1nc(C(=O)[O-])nc(N2CCOCC2)n1. The largest absolute Gasteiger partial charge is 0.541 e. The minimum atomic E-state index is -1.41. The Kier molecular flexibility index (Phi) is 3.56. The van der Waals surface area contributed by atoms with Crippen molar-refractivity contribution in [2.45, 2.75) is 0 Å². The first-order chi connectivity index (χ1) is 8.58. The van der Waals surface area contributed by atoms with Crippen molar-refractivity contribution in [1.29, 1.82) is 0 Å². The molecule has 98 valence electrons. The van der Waals surface area contributed by atoms with E-state index in [-0.39, 0.29) is 5.82 Å². The first-order valence-corrected chi connectivity index (χ1v) is 5.55. The standard InChI is InChI=1S/C10H15N5O3/c1-14(2)9-11-7(8(16)17)12-10(13-9)15-3-5-18-6-4-15/h3-6H2,1-2H3,(H,16,17)/p-1. The van der Waals surface area contributed by atoms with Gasteiger partial charge in [-0.3, -0.25) is 0 Å². The van der Waals surface area contributed by atoms with E-state index in [1.165, 1.54) is 0 Å². The second kappa shape index (κ2) is 5.13. The van der Waals surface area contributed by atoms with Gasteiger partial charge in [0.15, 0.2) is 5.82 Å². The first-order valence-electron chi connectivity index (χ1n) is 5.55. The zero-order valence-corrected chi connectivity index (χ0v) is 10.3. The van der Waals surface area contributed by atoms with E-state index in [0.717, 1.165) is 0 Å². The van der Waals surface area contributed by atoms with Crippen molar-refractivity contribution in [2.24, 2.45) is 0 Å². The number of morpholine rings is 1. The van der Waals surface area contributed by atoms with Crippen LogP contribution in [-0.4, -0.2) is 61.3 Å². The summed E-state index contributed by atoms with van der Waals surface area (Å²) in [7, 11) is 3.47. The Hall–Kier alpha value is -1.96. The smallest absolute Gasteiger partial charge is 0.230 e. The minimum absolute atomic E-state index is 0.297. The van der Waals surface area contributed by atoms with Crippen LogP contribution in [0.15, 0.2) is 0 Å². The number of carbonyl (C=O) groups excluding carboxylic acids is 1. The number of hydrogen-bond donors (Lipinski definition) is 0. The molecule has 0 N–H and O–H groups in total. The molecule has 0 aromatic carbocycles. The summed E-state index contributed by atoms with van der Waals surface area (Å²) < 4.78 is 5.22. The molecule has 1 aliphatic rings. The molecule has 2 rings (SSSR count). The maximum atomic E-state index is 10.9. The van der Waals surface area contributed by atoms with Gasteiger partial charge in [-0.1, -0.05) is 0 Å². The number of carboxylic acids is 1. The van der Waals surface area contributed by atoms with Crippen LogP contribution in [0, 0.1) is 0 Å². The van der Waals surface area contributed by atoms with Crippen LogP contribution in [0.2, 0.25) is 0 Å². The topological polar surface area (TPSA) is 94.5 Å². The van der Waals surface area contributed by atoms with Gasteiger partial charge >= 0.3 is 0 Å². The van der Waals surface area contributed by atoms with Crippen molar-refractivity contribution in [2.75, 3.05) is 50.2 Å². The maximum absolute atomic E-state index is 10.9. The average molecular weight is 252 g/mol. The average Bonchev–Trinajstić information content (AvgIpc) is 2.39. The van der Waals surface area contributed by atoms with Crippen LogP contribution in [0.25, 0.3) is 0 Å². The molecule has 0 bridgehead atoms. The van der Waals surface area contributed by atoms with Gasteiger partial charge in [0.25, 0.3) is 0 Å². The summed E-state index contributed by atoms with van der Waals surface area (Å²) in [6.07, 6.45) is 0. The molecule has 0 atom stereocenters. The molecule has 0 amide bonds. The summed E-state index contributed by atoms with van der Waals surface area (Å²) in [6, 6.07) is 0. The lowest BCUT2D eigenvalue weighted by Gasteiger charge is -2.27. The fourth-order valence-electron chi connectivity index (χ4n) is 1.55. The molecule has 1 saturated heterocycles. The van der Waals surface area contributed by atoms with Crippen LogP contribution in [-0.2, 0) is 4.74 Å². The van der Waals surface area contributed by atoms with Crippen LogP contribution >= 0.6 is 0 Å². The van der Waals surface area contributed by atoms with Crippen molar-refractivity contribution >= 4 is 17.9 Å². The summed E-state index contributed by atoms with van der Waals surface area (Å²) in [5.74, 6) is -1.12. The van der Waals surface area contributed by atoms with E-state index in [2.05, 4.69) is 15.0 Å². The van der Waals surface area contributed by atoms with Gasteiger partial charge < -0.3 is 24.4 Å². The summed E-state index contributed by atoms with van der Waals surface area (Å²) >= 11 is 0. The molecule has 1 aromatic heterocycles. The molecular weight excluding hydrogens is 238 g/mol. The Bertz CT molecular complexity index is 445. The summed E-state index contributed by atoms with van der Waals surface area (Å²) in [6.45, 7) is 2.40. The highest BCUT2D eigenvalue weighted by Gasteiger charge is 2.17. The third kappa shape index (κ3) is 2.65. The normalized spacial score (nSPS) is 15.6. The van der Waals surface area contributed by atoms with Crippen molar-refractivity contribution in [3.63, 3.8) is 0 Å². The van der Waals surface area contributed by atoms with E-state index in [4.69, 9.17) is 4.74 Å². The highest BCUT2D eigenvalue weighted by molar-refractivity contribution is 5.81. The number of ether oxygens (including phenoxy) is 1. The van der Waals surface area contributed by atoms with Crippen molar-refractivity contribution < 1.29 is 14.6 Å². The zero-order chi connectivity index (χ0) is 13.1. The van der Waals surface area contributed by atoms with Gasteiger partial charge in [0.05, 0.1) is 13.2 Å². The molecule has 2 heterocycles. The molecule has 0 aliphatic carbocycles. The van der Waals surface area contributed by atoms with E-state index < -0.39 is 5.97 Å². The van der Waals surface area contributed by atoms with E-state index in [0.29, 0.717) is 38.2 Å². The quantitative estimate of drug-likeness (QED) is 0.618. The predicted molar refractivity (Wildman–Crippen MR) is 61.5 cm³/mol. The van der Waals surface area contributed by atoms with Gasteiger partial charge in [-0.25, -0.2) is 0 Å². The van der Waals surface area contributed by atoms with Crippen LogP contribution in [0.1, 0.15) is 10.6 Å². The molecule has 1 fully saturated rings. The lowest BCUT2D eigenvalue weighted by molar-refractivity contribution is -0.256. The number of anilines is 2. The van der Waals surface area contributed by atoms with Gasteiger partial charge in [0, 0.05) is 27.2 Å². The second-order valence-corrected chi connectivity index (χ2v) is 4.04. The summed E-state index contributed by atoms with van der Waals surface area (Å²) in [5.41, 5.74) is 0. The van der Waals surface area contributed by atoms with Gasteiger partial charge in [-0.2, -0.15) is 15.0 Å². The van der Waals surface area contributed by atoms with Gasteiger partial charge in [-0.15, -0.1) is 0 Å². The second-order valence-electron chi connectivity index (χ2n) is 4.04. The highest BCUT2D eigenvalue weighted by atomic mass is 16.5. The highest BCUT2D eigenvalue weighted by Crippen LogP contribution is 2.13. The van der Waals surface area contributed by atoms with Crippen LogP contribution in [0.4, 0.5) is 11.9 Å². The molecular formula is C10H14N5O3-. The Balaban J connectivity index is 2.35. The molecule has 8 nitrogen and oxygen atoms in total. The number of aromatic carboxylic acids is 1. The molecule has 0 saturated carbocycles. The van der Waals surface area contributed by atoms with Crippen LogP contribution in [0.3, 0.4) is 0 Å². The number of hydrogen-bond acceptors (Lipinski definition) is 8. The maximum Gasteiger partial charge on any atom is 0.230 e. The first kappa shape index (κ1) is 12.5. The number of carboxylic acid groups (broad SMARTS) is 1. The summed E-state index contributed by atoms with van der Waals surface area (Å²) in [4.78, 5) is 26.3. The van der Waals surface area contributed by atoms with E-state index in [1.54, 1.807) is 19.0 Å². The fraction of sp³-hybridized carbons (Fsp3) is 0.600. The van der Waals surface area contributed by atoms with Gasteiger partial charge in [0.1, 0.15) is 5.97 Å². The Morgan fingerprint density at radius 1 is 1.28 bits per heavy atom. The Labute approximate surface area is 104 Å². The molecule has 8 heteroatoms. The van der Waals surface area contributed by atoms with Gasteiger partial charge in [0.2, 0.25) is 11.9 Å². The van der Waals surface area contributed by atoms with Crippen molar-refractivity contribution in [3.05, 3.63) is 5.82 Å². The number of carbonyl (C=O) groups is 1. The van der Waals surface area contributed by atoms with Crippen LogP contribution < -0.4 is 14.9 Å². The lowest BCUT2D eigenvalue weighted by atomic mass is 10.4. The predicted octanol–water partition coefficient (Wildman–Crippen LogP) is -1.86. The fourth-order valence-corrected chi connectivity index (χ4v) is 1.55. The van der Waals surface area contributed by atoms with E-state index >= 15 is 0 Å². The molecule has 0 spiro atoms. The zero-order valence-electron chi connectivity index (χ0n) is 10.3. The Morgan fingerprint density at radius 3 is 2.50 bits per heavy atom. The van der Waals surface area contributed by atoms with Crippen molar-refractivity contribution in [1.82, 2.24) is 15.0 Å². The van der Waals surface area contributed by atoms with E-state index in [1.807, 2.05) is 4.90 Å². The molecule has 0 unspecified atom stereocenters. The van der Waals surface area contributed by atoms with Crippen molar-refractivity contribution in [3.8, 4) is 0 Å². The molecule has 1 aliphatic heterocycles. The van der Waals surface area contributed by atoms with E-state index in [9.17, 15) is 9.90 Å². The molecule has 18 heavy (non-hydrogen) atoms. The lowest BCUT2D eigenvalue weighted by Crippen LogP contribution is -2.38.